The lowest BCUT2D eigenvalue weighted by molar-refractivity contribution is -0.141. The summed E-state index contributed by atoms with van der Waals surface area (Å²) in [5.74, 6) is -0.801. The van der Waals surface area contributed by atoms with E-state index in [1.807, 2.05) is 20.8 Å². The molecule has 0 aromatic heterocycles. The van der Waals surface area contributed by atoms with E-state index < -0.39 is 6.04 Å². The van der Waals surface area contributed by atoms with Gasteiger partial charge < -0.3 is 10.2 Å². The maximum Gasteiger partial charge on any atom is 0.242 e. The topological polar surface area (TPSA) is 49.4 Å². The fourth-order valence-corrected chi connectivity index (χ4v) is 2.07. The van der Waals surface area contributed by atoms with E-state index in [-0.39, 0.29) is 36.1 Å². The molecule has 0 heterocycles. The smallest absolute Gasteiger partial charge is 0.242 e. The Hall–Kier alpha value is -1.91. The fraction of sp³-hybridized carbons (Fsp3) is 0.529. The molecule has 2 amide bonds. The number of nitrogens with zero attached hydrogens (tertiary/aromatic N) is 1. The van der Waals surface area contributed by atoms with Gasteiger partial charge in [0.2, 0.25) is 11.8 Å². The second kappa shape index (κ2) is 7.38. The van der Waals surface area contributed by atoms with Gasteiger partial charge in [-0.3, -0.25) is 9.59 Å². The predicted octanol–water partition coefficient (Wildman–Crippen LogP) is 2.87. The van der Waals surface area contributed by atoms with Crippen molar-refractivity contribution in [2.75, 3.05) is 0 Å². The zero-order valence-electron chi connectivity index (χ0n) is 13.9. The number of rotatable bonds is 5. The third-order valence-electron chi connectivity index (χ3n) is 3.27. The van der Waals surface area contributed by atoms with Crippen LogP contribution in [0.25, 0.3) is 0 Å². The van der Waals surface area contributed by atoms with Gasteiger partial charge in [-0.05, 0) is 33.8 Å². The lowest BCUT2D eigenvalue weighted by Crippen LogP contribution is -2.52. The molecule has 1 N–H and O–H groups in total. The minimum atomic E-state index is -0.661. The first-order valence-corrected chi connectivity index (χ1v) is 7.50. The Bertz CT molecular complexity index is 538. The maximum absolute atomic E-state index is 13.8. The van der Waals surface area contributed by atoms with E-state index >= 15 is 0 Å². The van der Waals surface area contributed by atoms with Gasteiger partial charge in [0, 0.05) is 24.1 Å². The van der Waals surface area contributed by atoms with E-state index in [1.165, 1.54) is 11.0 Å². The number of benzene rings is 1. The van der Waals surface area contributed by atoms with E-state index in [2.05, 4.69) is 5.32 Å². The molecule has 1 atom stereocenters. The fourth-order valence-electron chi connectivity index (χ4n) is 2.07. The standard InChI is InChI=1S/C17H25FN2O2/c1-6-15(21)20(11-13-9-7-8-10-14(13)18)12(2)16(22)19-17(3,4)5/h7-10,12H,6,11H2,1-5H3,(H,19,22)/t12-/m1/s1. The molecule has 0 unspecified atom stereocenters. The third kappa shape index (κ3) is 5.13. The van der Waals surface area contributed by atoms with Gasteiger partial charge in [0.1, 0.15) is 11.9 Å². The Balaban J connectivity index is 2.96. The maximum atomic E-state index is 13.8. The van der Waals surface area contributed by atoms with Crippen LogP contribution in [0.15, 0.2) is 24.3 Å². The summed E-state index contributed by atoms with van der Waals surface area (Å²) >= 11 is 0. The van der Waals surface area contributed by atoms with Gasteiger partial charge in [-0.25, -0.2) is 4.39 Å². The van der Waals surface area contributed by atoms with Crippen molar-refractivity contribution in [1.82, 2.24) is 10.2 Å². The van der Waals surface area contributed by atoms with Gasteiger partial charge in [0.05, 0.1) is 0 Å². The molecule has 1 rings (SSSR count). The summed E-state index contributed by atoms with van der Waals surface area (Å²) < 4.78 is 13.8. The van der Waals surface area contributed by atoms with Gasteiger partial charge >= 0.3 is 0 Å². The Morgan fingerprint density at radius 1 is 1.27 bits per heavy atom. The van der Waals surface area contributed by atoms with Crippen LogP contribution in [0.5, 0.6) is 0 Å². The lowest BCUT2D eigenvalue weighted by Gasteiger charge is -2.31. The predicted molar refractivity (Wildman–Crippen MR) is 84.6 cm³/mol. The second-order valence-corrected chi connectivity index (χ2v) is 6.38. The number of carbonyl (C=O) groups is 2. The van der Waals surface area contributed by atoms with Crippen molar-refractivity contribution < 1.29 is 14.0 Å². The second-order valence-electron chi connectivity index (χ2n) is 6.38. The summed E-state index contributed by atoms with van der Waals surface area (Å²) in [5, 5.41) is 2.85. The summed E-state index contributed by atoms with van der Waals surface area (Å²) in [4.78, 5) is 25.9. The van der Waals surface area contributed by atoms with Crippen LogP contribution in [0.3, 0.4) is 0 Å². The van der Waals surface area contributed by atoms with Crippen LogP contribution in [0, 0.1) is 5.82 Å². The van der Waals surface area contributed by atoms with Gasteiger partial charge in [0.25, 0.3) is 0 Å². The number of nitrogens with one attached hydrogen (secondary N) is 1. The largest absolute Gasteiger partial charge is 0.350 e. The highest BCUT2D eigenvalue weighted by Gasteiger charge is 2.27. The van der Waals surface area contributed by atoms with Crippen LogP contribution in [0.1, 0.15) is 46.6 Å². The molecule has 22 heavy (non-hydrogen) atoms. The van der Waals surface area contributed by atoms with Crippen molar-refractivity contribution in [2.24, 2.45) is 0 Å². The number of halogens is 1. The molecule has 0 aliphatic rings. The van der Waals surface area contributed by atoms with Crippen LogP contribution >= 0.6 is 0 Å². The van der Waals surface area contributed by atoms with Crippen LogP contribution in [0.2, 0.25) is 0 Å². The highest BCUT2D eigenvalue weighted by atomic mass is 19.1. The SMILES string of the molecule is CCC(=O)N(Cc1ccccc1F)[C@H](C)C(=O)NC(C)(C)C. The van der Waals surface area contributed by atoms with Crippen molar-refractivity contribution in [3.8, 4) is 0 Å². The van der Waals surface area contributed by atoms with Crippen molar-refractivity contribution in [2.45, 2.75) is 59.2 Å². The van der Waals surface area contributed by atoms with Crippen molar-refractivity contribution >= 4 is 11.8 Å². The van der Waals surface area contributed by atoms with Gasteiger partial charge in [-0.2, -0.15) is 0 Å². The molecule has 122 valence electrons. The molecular weight excluding hydrogens is 283 g/mol. The normalized spacial score (nSPS) is 12.6. The summed E-state index contributed by atoms with van der Waals surface area (Å²) in [5.41, 5.74) is 0.0179. The molecule has 0 fully saturated rings. The first kappa shape index (κ1) is 18.1. The van der Waals surface area contributed by atoms with E-state index in [0.717, 1.165) is 0 Å². The third-order valence-corrected chi connectivity index (χ3v) is 3.27. The van der Waals surface area contributed by atoms with E-state index in [0.29, 0.717) is 5.56 Å². The summed E-state index contributed by atoms with van der Waals surface area (Å²) in [6.45, 7) is 9.10. The van der Waals surface area contributed by atoms with Crippen molar-refractivity contribution in [1.29, 1.82) is 0 Å². The van der Waals surface area contributed by atoms with Crippen LogP contribution in [-0.2, 0) is 16.1 Å². The number of amides is 2. The monoisotopic (exact) mass is 308 g/mol. The zero-order valence-corrected chi connectivity index (χ0v) is 13.9. The quantitative estimate of drug-likeness (QED) is 0.909. The molecule has 0 spiro atoms. The molecular formula is C17H25FN2O2. The number of carbonyl (C=O) groups excluding carboxylic acids is 2. The summed E-state index contributed by atoms with van der Waals surface area (Å²) in [7, 11) is 0. The van der Waals surface area contributed by atoms with Crippen molar-refractivity contribution in [3.63, 3.8) is 0 Å². The Morgan fingerprint density at radius 3 is 2.36 bits per heavy atom. The molecule has 1 aromatic carbocycles. The molecule has 0 saturated carbocycles. The van der Waals surface area contributed by atoms with Gasteiger partial charge in [-0.15, -0.1) is 0 Å². The van der Waals surface area contributed by atoms with Crippen LogP contribution in [-0.4, -0.2) is 28.3 Å². The first-order chi connectivity index (χ1) is 10.2. The summed E-state index contributed by atoms with van der Waals surface area (Å²) in [6, 6.07) is 5.63. The zero-order chi connectivity index (χ0) is 16.9. The lowest BCUT2D eigenvalue weighted by atomic mass is 10.1. The van der Waals surface area contributed by atoms with Gasteiger partial charge in [-0.1, -0.05) is 25.1 Å². The molecule has 0 saturated heterocycles. The molecule has 0 aliphatic carbocycles. The average Bonchev–Trinajstić information content (AvgIpc) is 2.43. The highest BCUT2D eigenvalue weighted by molar-refractivity contribution is 5.87. The molecule has 4 nitrogen and oxygen atoms in total. The minimum Gasteiger partial charge on any atom is -0.350 e. The summed E-state index contributed by atoms with van der Waals surface area (Å²) in [6.07, 6.45) is 0.265. The minimum absolute atomic E-state index is 0.0814. The van der Waals surface area contributed by atoms with E-state index in [4.69, 9.17) is 0 Å². The Labute approximate surface area is 131 Å². The number of hydrogen-bond donors (Lipinski definition) is 1. The Kier molecular flexibility index (Phi) is 6.09. The van der Waals surface area contributed by atoms with Crippen LogP contribution < -0.4 is 5.32 Å². The average molecular weight is 308 g/mol. The number of hydrogen-bond acceptors (Lipinski definition) is 2. The highest BCUT2D eigenvalue weighted by Crippen LogP contribution is 2.14. The van der Waals surface area contributed by atoms with Crippen LogP contribution in [0.4, 0.5) is 4.39 Å². The first-order valence-electron chi connectivity index (χ1n) is 7.50. The van der Waals surface area contributed by atoms with Gasteiger partial charge in [0.15, 0.2) is 0 Å². The van der Waals surface area contributed by atoms with E-state index in [9.17, 15) is 14.0 Å². The van der Waals surface area contributed by atoms with E-state index in [1.54, 1.807) is 32.0 Å². The molecule has 5 heteroatoms. The van der Waals surface area contributed by atoms with Crippen molar-refractivity contribution in [3.05, 3.63) is 35.6 Å². The molecule has 0 radical (unpaired) electrons. The molecule has 0 aliphatic heterocycles. The molecule has 1 aromatic rings. The Morgan fingerprint density at radius 2 is 1.86 bits per heavy atom. The molecule has 0 bridgehead atoms.